The van der Waals surface area contributed by atoms with Crippen molar-refractivity contribution in [3.8, 4) is 0 Å². The highest BCUT2D eigenvalue weighted by Crippen LogP contribution is 2.32. The van der Waals surface area contributed by atoms with Crippen LogP contribution in [0.3, 0.4) is 0 Å². The van der Waals surface area contributed by atoms with Crippen molar-refractivity contribution < 1.29 is 4.92 Å². The molecule has 2 heterocycles. The lowest BCUT2D eigenvalue weighted by Gasteiger charge is -2.24. The van der Waals surface area contributed by atoms with E-state index in [1.54, 1.807) is 23.5 Å². The van der Waals surface area contributed by atoms with E-state index in [0.717, 1.165) is 56.1 Å². The van der Waals surface area contributed by atoms with Gasteiger partial charge in [0.25, 0.3) is 5.69 Å². The summed E-state index contributed by atoms with van der Waals surface area (Å²) in [6, 6.07) is 5.30. The van der Waals surface area contributed by atoms with Gasteiger partial charge in [0.1, 0.15) is 5.69 Å². The van der Waals surface area contributed by atoms with Crippen molar-refractivity contribution in [2.75, 3.05) is 31.1 Å². The van der Waals surface area contributed by atoms with E-state index in [1.807, 2.05) is 18.5 Å². The van der Waals surface area contributed by atoms with Crippen molar-refractivity contribution in [3.05, 3.63) is 50.5 Å². The van der Waals surface area contributed by atoms with Gasteiger partial charge >= 0.3 is 0 Å². The lowest BCUT2D eigenvalue weighted by atomic mass is 10.1. The first kappa shape index (κ1) is 15.9. The third kappa shape index (κ3) is 3.68. The Morgan fingerprint density at radius 1 is 1.30 bits per heavy atom. The monoisotopic (exact) mass is 332 g/mol. The molecule has 3 rings (SSSR count). The molecule has 1 aromatic heterocycles. The van der Waals surface area contributed by atoms with E-state index in [-0.39, 0.29) is 10.6 Å². The van der Waals surface area contributed by atoms with E-state index in [1.165, 1.54) is 0 Å². The Morgan fingerprint density at radius 3 is 2.91 bits per heavy atom. The fourth-order valence-corrected chi connectivity index (χ4v) is 3.65. The number of aryl methyl sites for hydroxylation is 1. The van der Waals surface area contributed by atoms with Crippen LogP contribution in [0.4, 0.5) is 11.4 Å². The average Bonchev–Trinajstić information content (AvgIpc) is 2.92. The molecule has 1 saturated heterocycles. The van der Waals surface area contributed by atoms with Crippen molar-refractivity contribution in [1.82, 2.24) is 9.88 Å². The summed E-state index contributed by atoms with van der Waals surface area (Å²) in [6.45, 7) is 6.33. The summed E-state index contributed by atoms with van der Waals surface area (Å²) in [6.07, 6.45) is 0.996. The van der Waals surface area contributed by atoms with Crippen LogP contribution < -0.4 is 4.90 Å². The Kier molecular flexibility index (Phi) is 4.88. The van der Waals surface area contributed by atoms with Crippen LogP contribution in [-0.4, -0.2) is 41.0 Å². The van der Waals surface area contributed by atoms with E-state index in [2.05, 4.69) is 20.2 Å². The van der Waals surface area contributed by atoms with Crippen LogP contribution in [0.25, 0.3) is 0 Å². The number of nitro benzene ring substituents is 1. The van der Waals surface area contributed by atoms with Gasteiger partial charge < -0.3 is 4.90 Å². The molecule has 0 saturated carbocycles. The minimum absolute atomic E-state index is 0.206. The summed E-state index contributed by atoms with van der Waals surface area (Å²) >= 11 is 1.61. The molecule has 0 amide bonds. The molecule has 2 aromatic rings. The van der Waals surface area contributed by atoms with E-state index < -0.39 is 0 Å². The largest absolute Gasteiger partial charge is 0.364 e. The maximum Gasteiger partial charge on any atom is 0.292 e. The molecule has 1 aromatic carbocycles. The van der Waals surface area contributed by atoms with Crippen LogP contribution in [0.5, 0.6) is 0 Å². The van der Waals surface area contributed by atoms with Gasteiger partial charge in [-0.1, -0.05) is 12.1 Å². The molecular formula is C16H20N4O2S. The third-order valence-electron chi connectivity index (χ3n) is 4.19. The van der Waals surface area contributed by atoms with Crippen molar-refractivity contribution >= 4 is 22.7 Å². The van der Waals surface area contributed by atoms with Crippen LogP contribution in [-0.2, 0) is 6.54 Å². The van der Waals surface area contributed by atoms with Crippen LogP contribution >= 0.6 is 11.3 Å². The molecule has 1 fully saturated rings. The summed E-state index contributed by atoms with van der Waals surface area (Å²) in [7, 11) is 0. The average molecular weight is 332 g/mol. The van der Waals surface area contributed by atoms with Crippen molar-refractivity contribution in [2.24, 2.45) is 0 Å². The Morgan fingerprint density at radius 2 is 2.17 bits per heavy atom. The second kappa shape index (κ2) is 7.06. The quantitative estimate of drug-likeness (QED) is 0.636. The normalized spacial score (nSPS) is 16.3. The zero-order valence-corrected chi connectivity index (χ0v) is 14.0. The minimum atomic E-state index is -0.278. The Labute approximate surface area is 139 Å². The van der Waals surface area contributed by atoms with Crippen molar-refractivity contribution in [2.45, 2.75) is 19.9 Å². The summed E-state index contributed by atoms with van der Waals surface area (Å²) in [5.41, 5.74) is 4.90. The van der Waals surface area contributed by atoms with Gasteiger partial charge in [-0.25, -0.2) is 4.98 Å². The van der Waals surface area contributed by atoms with Gasteiger partial charge in [0.05, 0.1) is 16.1 Å². The number of thiazole rings is 1. The van der Waals surface area contributed by atoms with Gasteiger partial charge in [-0.2, -0.15) is 0 Å². The number of nitrogens with zero attached hydrogens (tertiary/aromatic N) is 4. The zero-order chi connectivity index (χ0) is 16.2. The molecular weight excluding hydrogens is 312 g/mol. The summed E-state index contributed by atoms with van der Waals surface area (Å²) < 4.78 is 0. The van der Waals surface area contributed by atoms with E-state index in [4.69, 9.17) is 0 Å². The predicted octanol–water partition coefficient (Wildman–Crippen LogP) is 3.07. The highest BCUT2D eigenvalue weighted by Gasteiger charge is 2.23. The lowest BCUT2D eigenvalue weighted by Crippen LogP contribution is -2.31. The van der Waals surface area contributed by atoms with Gasteiger partial charge in [0.2, 0.25) is 0 Å². The summed E-state index contributed by atoms with van der Waals surface area (Å²) in [5, 5.41) is 13.4. The SMILES string of the molecule is Cc1cccc([N+](=O)[O-])c1N1CCCN(Cc2cscn2)CC1. The number of rotatable bonds is 4. The van der Waals surface area contributed by atoms with E-state index >= 15 is 0 Å². The van der Waals surface area contributed by atoms with Crippen molar-refractivity contribution in [1.29, 1.82) is 0 Å². The predicted molar refractivity (Wildman–Crippen MR) is 92.1 cm³/mol. The number of aromatic nitrogens is 1. The first-order valence-corrected chi connectivity index (χ1v) is 8.68. The summed E-state index contributed by atoms with van der Waals surface area (Å²) in [4.78, 5) is 19.9. The van der Waals surface area contributed by atoms with Crippen LogP contribution in [0, 0.1) is 17.0 Å². The van der Waals surface area contributed by atoms with E-state index in [0.29, 0.717) is 0 Å². The first-order valence-electron chi connectivity index (χ1n) is 7.73. The topological polar surface area (TPSA) is 62.5 Å². The molecule has 122 valence electrons. The molecule has 23 heavy (non-hydrogen) atoms. The number of nitro groups is 1. The highest BCUT2D eigenvalue weighted by atomic mass is 32.1. The minimum Gasteiger partial charge on any atom is -0.364 e. The molecule has 0 aliphatic carbocycles. The van der Waals surface area contributed by atoms with Gasteiger partial charge in [-0.15, -0.1) is 11.3 Å². The summed E-state index contributed by atoms with van der Waals surface area (Å²) in [5.74, 6) is 0. The van der Waals surface area contributed by atoms with Gasteiger partial charge in [-0.3, -0.25) is 15.0 Å². The van der Waals surface area contributed by atoms with Gasteiger partial charge in [0.15, 0.2) is 0 Å². The van der Waals surface area contributed by atoms with Crippen LogP contribution in [0.1, 0.15) is 17.7 Å². The van der Waals surface area contributed by atoms with E-state index in [9.17, 15) is 10.1 Å². The molecule has 0 bridgehead atoms. The number of hydrogen-bond acceptors (Lipinski definition) is 6. The molecule has 0 unspecified atom stereocenters. The highest BCUT2D eigenvalue weighted by molar-refractivity contribution is 7.07. The second-order valence-electron chi connectivity index (χ2n) is 5.80. The lowest BCUT2D eigenvalue weighted by molar-refractivity contribution is -0.384. The standard InChI is InChI=1S/C16H20N4O2S/c1-13-4-2-5-15(20(21)22)16(13)19-7-3-6-18(8-9-19)10-14-11-23-12-17-14/h2,4-5,11-12H,3,6-10H2,1H3. The third-order valence-corrected chi connectivity index (χ3v) is 4.82. The molecule has 0 N–H and O–H groups in total. The molecule has 0 atom stereocenters. The number of hydrogen-bond donors (Lipinski definition) is 0. The Balaban J connectivity index is 1.74. The maximum absolute atomic E-state index is 11.3. The molecule has 7 heteroatoms. The first-order chi connectivity index (χ1) is 11.1. The number of anilines is 1. The smallest absolute Gasteiger partial charge is 0.292 e. The number of benzene rings is 1. The van der Waals surface area contributed by atoms with Gasteiger partial charge in [0, 0.05) is 44.2 Å². The Bertz CT molecular complexity index is 675. The van der Waals surface area contributed by atoms with Crippen molar-refractivity contribution in [3.63, 3.8) is 0 Å². The molecule has 0 spiro atoms. The van der Waals surface area contributed by atoms with Crippen LogP contribution in [0.15, 0.2) is 29.1 Å². The maximum atomic E-state index is 11.3. The molecule has 1 aliphatic heterocycles. The molecule has 6 nitrogen and oxygen atoms in total. The van der Waals surface area contributed by atoms with Gasteiger partial charge in [-0.05, 0) is 18.9 Å². The zero-order valence-electron chi connectivity index (χ0n) is 13.1. The Hall–Kier alpha value is -1.99. The van der Waals surface area contributed by atoms with Crippen LogP contribution in [0.2, 0.25) is 0 Å². The fraction of sp³-hybridized carbons (Fsp3) is 0.438. The molecule has 1 aliphatic rings. The molecule has 0 radical (unpaired) electrons. The fourth-order valence-electron chi connectivity index (χ4n) is 3.10. The number of para-hydroxylation sites is 1. The second-order valence-corrected chi connectivity index (χ2v) is 6.51.